The Morgan fingerprint density at radius 1 is 1.11 bits per heavy atom. The number of amides is 1. The Hall–Kier alpha value is -2.14. The molecule has 2 rings (SSSR count). The molecule has 0 aliphatic rings. The van der Waals surface area contributed by atoms with Crippen LogP contribution in [0, 0.1) is 0 Å². The summed E-state index contributed by atoms with van der Waals surface area (Å²) in [5.41, 5.74) is 0.999. The number of thioether (sulfide) groups is 1. The highest BCUT2D eigenvalue weighted by atomic mass is 32.2. The fraction of sp³-hybridized carbons (Fsp3) is 0.0714. The van der Waals surface area contributed by atoms with Gasteiger partial charge in [-0.3, -0.25) is 4.79 Å². The van der Waals surface area contributed by atoms with Gasteiger partial charge in [0.2, 0.25) is 0 Å². The van der Waals surface area contributed by atoms with E-state index in [2.05, 4.69) is 5.32 Å². The summed E-state index contributed by atoms with van der Waals surface area (Å²) in [6, 6.07) is 11.4. The van der Waals surface area contributed by atoms with Crippen LogP contribution in [0.3, 0.4) is 0 Å². The molecule has 1 amide bonds. The molecule has 0 aliphatic heterocycles. The monoisotopic (exact) mass is 275 g/mol. The highest BCUT2D eigenvalue weighted by Crippen LogP contribution is 2.27. The molecule has 0 aromatic heterocycles. The molecule has 0 heterocycles. The van der Waals surface area contributed by atoms with Gasteiger partial charge >= 0.3 is 0 Å². The van der Waals surface area contributed by atoms with Crippen molar-refractivity contribution in [3.8, 4) is 11.5 Å². The van der Waals surface area contributed by atoms with Crippen molar-refractivity contribution in [3.05, 3.63) is 48.0 Å². The number of phenols is 2. The van der Waals surface area contributed by atoms with Gasteiger partial charge in [-0.05, 0) is 36.6 Å². The zero-order valence-corrected chi connectivity index (χ0v) is 11.1. The van der Waals surface area contributed by atoms with Gasteiger partial charge in [-0.25, -0.2) is 0 Å². The smallest absolute Gasteiger partial charge is 0.255 e. The van der Waals surface area contributed by atoms with E-state index in [0.717, 1.165) is 4.90 Å². The topological polar surface area (TPSA) is 69.6 Å². The second-order valence-electron chi connectivity index (χ2n) is 3.86. The largest absolute Gasteiger partial charge is 0.504 e. The SMILES string of the molecule is CSc1ccccc1NC(=O)c1ccc(O)c(O)c1. The number of phenolic OH excluding ortho intramolecular Hbond substituents is 2. The van der Waals surface area contributed by atoms with Gasteiger partial charge in [-0.1, -0.05) is 12.1 Å². The second-order valence-corrected chi connectivity index (χ2v) is 4.71. The molecule has 0 atom stereocenters. The summed E-state index contributed by atoms with van der Waals surface area (Å²) in [4.78, 5) is 13.0. The van der Waals surface area contributed by atoms with E-state index in [4.69, 9.17) is 0 Å². The Balaban J connectivity index is 2.23. The lowest BCUT2D eigenvalue weighted by Gasteiger charge is -2.09. The molecule has 5 heteroatoms. The van der Waals surface area contributed by atoms with E-state index in [9.17, 15) is 15.0 Å². The Bertz CT molecular complexity index is 613. The number of para-hydroxylation sites is 1. The van der Waals surface area contributed by atoms with Crippen LogP contribution in [-0.2, 0) is 0 Å². The van der Waals surface area contributed by atoms with Crippen molar-refractivity contribution in [3.63, 3.8) is 0 Å². The van der Waals surface area contributed by atoms with Crippen molar-refractivity contribution >= 4 is 23.4 Å². The molecule has 2 aromatic rings. The zero-order chi connectivity index (χ0) is 13.8. The number of hydrogen-bond acceptors (Lipinski definition) is 4. The third-order valence-corrected chi connectivity index (χ3v) is 3.39. The van der Waals surface area contributed by atoms with Gasteiger partial charge in [0, 0.05) is 10.5 Å². The molecule has 0 bridgehead atoms. The molecule has 3 N–H and O–H groups in total. The minimum Gasteiger partial charge on any atom is -0.504 e. The van der Waals surface area contributed by atoms with Crippen molar-refractivity contribution in [1.82, 2.24) is 0 Å². The first-order valence-corrected chi connectivity index (χ1v) is 6.80. The zero-order valence-electron chi connectivity index (χ0n) is 10.3. The van der Waals surface area contributed by atoms with Gasteiger partial charge in [-0.2, -0.15) is 0 Å². The van der Waals surface area contributed by atoms with E-state index in [1.807, 2.05) is 30.5 Å². The van der Waals surface area contributed by atoms with Crippen molar-refractivity contribution in [2.75, 3.05) is 11.6 Å². The first-order chi connectivity index (χ1) is 9.11. The maximum absolute atomic E-state index is 12.0. The average molecular weight is 275 g/mol. The number of nitrogens with one attached hydrogen (secondary N) is 1. The van der Waals surface area contributed by atoms with E-state index in [1.165, 1.54) is 30.0 Å². The summed E-state index contributed by atoms with van der Waals surface area (Å²) in [5.74, 6) is -0.899. The number of benzene rings is 2. The molecule has 0 fully saturated rings. The second kappa shape index (κ2) is 5.67. The Morgan fingerprint density at radius 3 is 2.53 bits per heavy atom. The third-order valence-electron chi connectivity index (χ3n) is 2.59. The van der Waals surface area contributed by atoms with Crippen LogP contribution in [0.5, 0.6) is 11.5 Å². The third kappa shape index (κ3) is 3.00. The van der Waals surface area contributed by atoms with Crippen LogP contribution in [0.4, 0.5) is 5.69 Å². The average Bonchev–Trinajstić information content (AvgIpc) is 2.42. The summed E-state index contributed by atoms with van der Waals surface area (Å²) < 4.78 is 0. The Kier molecular flexibility index (Phi) is 3.97. The van der Waals surface area contributed by atoms with Gasteiger partial charge < -0.3 is 15.5 Å². The molecule has 0 spiro atoms. The first kappa shape index (κ1) is 13.3. The van der Waals surface area contributed by atoms with Crippen LogP contribution in [0.15, 0.2) is 47.4 Å². The molecule has 0 radical (unpaired) electrons. The Labute approximate surface area is 115 Å². The number of carbonyl (C=O) groups is 1. The maximum atomic E-state index is 12.0. The maximum Gasteiger partial charge on any atom is 0.255 e. The highest BCUT2D eigenvalue weighted by Gasteiger charge is 2.10. The van der Waals surface area contributed by atoms with Crippen LogP contribution in [0.1, 0.15) is 10.4 Å². The normalized spacial score (nSPS) is 10.2. The first-order valence-electron chi connectivity index (χ1n) is 5.58. The van der Waals surface area contributed by atoms with E-state index < -0.39 is 0 Å². The summed E-state index contributed by atoms with van der Waals surface area (Å²) >= 11 is 1.53. The minimum absolute atomic E-state index is 0.249. The molecule has 4 nitrogen and oxygen atoms in total. The van der Waals surface area contributed by atoms with Gasteiger partial charge in [0.25, 0.3) is 5.91 Å². The Morgan fingerprint density at radius 2 is 1.84 bits per heavy atom. The molecule has 19 heavy (non-hydrogen) atoms. The van der Waals surface area contributed by atoms with Crippen molar-refractivity contribution in [2.24, 2.45) is 0 Å². The lowest BCUT2D eigenvalue weighted by molar-refractivity contribution is 0.102. The molecule has 98 valence electrons. The molecule has 2 aromatic carbocycles. The van der Waals surface area contributed by atoms with Crippen LogP contribution < -0.4 is 5.32 Å². The van der Waals surface area contributed by atoms with E-state index in [-0.39, 0.29) is 23.0 Å². The fourth-order valence-electron chi connectivity index (χ4n) is 1.61. The van der Waals surface area contributed by atoms with Gasteiger partial charge in [0.1, 0.15) is 0 Å². The number of carbonyl (C=O) groups excluding carboxylic acids is 1. The van der Waals surface area contributed by atoms with Crippen molar-refractivity contribution in [2.45, 2.75) is 4.90 Å². The van der Waals surface area contributed by atoms with Crippen LogP contribution in [0.2, 0.25) is 0 Å². The van der Waals surface area contributed by atoms with Gasteiger partial charge in [0.05, 0.1) is 5.69 Å². The number of rotatable bonds is 3. The predicted octanol–water partition coefficient (Wildman–Crippen LogP) is 3.07. The predicted molar refractivity (Wildman–Crippen MR) is 75.9 cm³/mol. The summed E-state index contributed by atoms with van der Waals surface area (Å²) in [6.45, 7) is 0. The highest BCUT2D eigenvalue weighted by molar-refractivity contribution is 7.98. The molecule has 0 saturated carbocycles. The molecule has 0 aliphatic carbocycles. The lowest BCUT2D eigenvalue weighted by Crippen LogP contribution is -2.12. The molecular formula is C14H13NO3S. The molecular weight excluding hydrogens is 262 g/mol. The van der Waals surface area contributed by atoms with Crippen LogP contribution >= 0.6 is 11.8 Å². The number of hydrogen-bond donors (Lipinski definition) is 3. The van der Waals surface area contributed by atoms with Crippen LogP contribution in [0.25, 0.3) is 0 Å². The molecule has 0 unspecified atom stereocenters. The summed E-state index contributed by atoms with van der Waals surface area (Å²) in [6.07, 6.45) is 1.93. The van der Waals surface area contributed by atoms with E-state index >= 15 is 0 Å². The summed E-state index contributed by atoms with van der Waals surface area (Å²) in [5, 5.41) is 21.4. The fourth-order valence-corrected chi connectivity index (χ4v) is 2.16. The van der Waals surface area contributed by atoms with Crippen LogP contribution in [-0.4, -0.2) is 22.4 Å². The van der Waals surface area contributed by atoms with E-state index in [0.29, 0.717) is 5.69 Å². The summed E-state index contributed by atoms with van der Waals surface area (Å²) in [7, 11) is 0. The van der Waals surface area contributed by atoms with Crippen molar-refractivity contribution in [1.29, 1.82) is 0 Å². The van der Waals surface area contributed by atoms with Crippen molar-refractivity contribution < 1.29 is 15.0 Å². The van der Waals surface area contributed by atoms with Gasteiger partial charge in [0.15, 0.2) is 11.5 Å². The van der Waals surface area contributed by atoms with Gasteiger partial charge in [-0.15, -0.1) is 11.8 Å². The quantitative estimate of drug-likeness (QED) is 0.595. The lowest BCUT2D eigenvalue weighted by atomic mass is 10.2. The number of anilines is 1. The minimum atomic E-state index is -0.336. The number of aromatic hydroxyl groups is 2. The van der Waals surface area contributed by atoms with E-state index in [1.54, 1.807) is 0 Å². The molecule has 0 saturated heterocycles. The standard InChI is InChI=1S/C14H13NO3S/c1-19-13-5-3-2-4-10(13)15-14(18)9-6-7-11(16)12(17)8-9/h2-8,16-17H,1H3,(H,15,18).